The van der Waals surface area contributed by atoms with Gasteiger partial charge in [0.2, 0.25) is 0 Å². The summed E-state index contributed by atoms with van der Waals surface area (Å²) in [6.45, 7) is 5.35. The van der Waals surface area contributed by atoms with Crippen LogP contribution >= 0.6 is 0 Å². The van der Waals surface area contributed by atoms with E-state index in [0.29, 0.717) is 11.6 Å². The normalized spacial score (nSPS) is 25.1. The van der Waals surface area contributed by atoms with E-state index < -0.39 is 0 Å². The lowest BCUT2D eigenvalue weighted by molar-refractivity contribution is 0.280. The standard InChI is InChI=1S/C14H20FNO/c1-10-5-6-16(11(2)7-10)14-4-3-13(15)8-12(14)9-17/h3-4,8,10-11,17H,5-7,9H2,1-2H3. The van der Waals surface area contributed by atoms with E-state index in [0.717, 1.165) is 31.0 Å². The maximum Gasteiger partial charge on any atom is 0.123 e. The van der Waals surface area contributed by atoms with Crippen molar-refractivity contribution in [2.45, 2.75) is 39.3 Å². The quantitative estimate of drug-likeness (QED) is 0.855. The summed E-state index contributed by atoms with van der Waals surface area (Å²) < 4.78 is 13.1. The van der Waals surface area contributed by atoms with Crippen molar-refractivity contribution >= 4 is 5.69 Å². The van der Waals surface area contributed by atoms with Crippen LogP contribution in [0, 0.1) is 11.7 Å². The van der Waals surface area contributed by atoms with Gasteiger partial charge < -0.3 is 10.0 Å². The molecule has 2 rings (SSSR count). The van der Waals surface area contributed by atoms with Gasteiger partial charge in [0.05, 0.1) is 6.61 Å². The van der Waals surface area contributed by atoms with Crippen molar-refractivity contribution in [3.05, 3.63) is 29.6 Å². The highest BCUT2D eigenvalue weighted by Crippen LogP contribution is 2.30. The molecule has 1 fully saturated rings. The Hall–Kier alpha value is -1.09. The molecule has 2 nitrogen and oxygen atoms in total. The first kappa shape index (κ1) is 12.4. The lowest BCUT2D eigenvalue weighted by Gasteiger charge is -2.39. The highest BCUT2D eigenvalue weighted by Gasteiger charge is 2.24. The number of hydrogen-bond donors (Lipinski definition) is 1. The van der Waals surface area contributed by atoms with Crippen molar-refractivity contribution in [2.75, 3.05) is 11.4 Å². The predicted molar refractivity (Wildman–Crippen MR) is 67.5 cm³/mol. The maximum absolute atomic E-state index is 13.1. The highest BCUT2D eigenvalue weighted by molar-refractivity contribution is 5.54. The molecule has 2 unspecified atom stereocenters. The minimum atomic E-state index is -0.282. The molecule has 0 radical (unpaired) electrons. The molecule has 0 amide bonds. The van der Waals surface area contributed by atoms with Crippen LogP contribution in [0.5, 0.6) is 0 Å². The topological polar surface area (TPSA) is 23.5 Å². The van der Waals surface area contributed by atoms with Gasteiger partial charge in [0.25, 0.3) is 0 Å². The smallest absolute Gasteiger partial charge is 0.123 e. The summed E-state index contributed by atoms with van der Waals surface area (Å²) in [5.41, 5.74) is 1.67. The Balaban J connectivity index is 2.27. The molecule has 2 atom stereocenters. The number of nitrogens with zero attached hydrogens (tertiary/aromatic N) is 1. The Morgan fingerprint density at radius 3 is 2.82 bits per heavy atom. The van der Waals surface area contributed by atoms with Gasteiger partial charge in [-0.3, -0.25) is 0 Å². The van der Waals surface area contributed by atoms with E-state index in [1.165, 1.54) is 12.1 Å². The van der Waals surface area contributed by atoms with Crippen LogP contribution < -0.4 is 4.90 Å². The molecule has 1 heterocycles. The average molecular weight is 237 g/mol. The van der Waals surface area contributed by atoms with Crippen LogP contribution in [0.3, 0.4) is 0 Å². The van der Waals surface area contributed by atoms with Crippen molar-refractivity contribution in [3.8, 4) is 0 Å². The van der Waals surface area contributed by atoms with Gasteiger partial charge in [-0.2, -0.15) is 0 Å². The fourth-order valence-electron chi connectivity index (χ4n) is 2.73. The molecule has 3 heteroatoms. The third-order valence-electron chi connectivity index (χ3n) is 3.66. The number of aliphatic hydroxyl groups excluding tert-OH is 1. The Labute approximate surface area is 102 Å². The number of hydrogen-bond acceptors (Lipinski definition) is 2. The van der Waals surface area contributed by atoms with Gasteiger partial charge in [-0.1, -0.05) is 6.92 Å². The second-order valence-electron chi connectivity index (χ2n) is 5.10. The summed E-state index contributed by atoms with van der Waals surface area (Å²) in [5, 5.41) is 9.32. The Bertz CT molecular complexity index is 394. The number of aliphatic hydroxyl groups is 1. The van der Waals surface area contributed by atoms with Crippen LogP contribution in [0.1, 0.15) is 32.3 Å². The summed E-state index contributed by atoms with van der Waals surface area (Å²) in [6.07, 6.45) is 2.31. The first-order chi connectivity index (χ1) is 8.11. The van der Waals surface area contributed by atoms with Crippen LogP contribution in [-0.2, 0) is 6.61 Å². The molecular formula is C14H20FNO. The summed E-state index contributed by atoms with van der Waals surface area (Å²) in [4.78, 5) is 2.28. The molecule has 1 aliphatic heterocycles. The second-order valence-corrected chi connectivity index (χ2v) is 5.10. The summed E-state index contributed by atoms with van der Waals surface area (Å²) in [5.74, 6) is 0.468. The van der Waals surface area contributed by atoms with Crippen LogP contribution in [0.4, 0.5) is 10.1 Å². The Morgan fingerprint density at radius 2 is 2.18 bits per heavy atom. The molecule has 1 aromatic rings. The number of benzene rings is 1. The zero-order valence-electron chi connectivity index (χ0n) is 10.5. The molecule has 0 bridgehead atoms. The SMILES string of the molecule is CC1CCN(c2ccc(F)cc2CO)C(C)C1. The molecule has 0 aromatic heterocycles. The first-order valence-electron chi connectivity index (χ1n) is 6.27. The molecule has 17 heavy (non-hydrogen) atoms. The molecule has 94 valence electrons. The van der Waals surface area contributed by atoms with E-state index in [4.69, 9.17) is 0 Å². The molecule has 0 aliphatic carbocycles. The Kier molecular flexibility index (Phi) is 3.67. The zero-order chi connectivity index (χ0) is 12.4. The third kappa shape index (κ3) is 2.60. The number of halogens is 1. The van der Waals surface area contributed by atoms with Gasteiger partial charge in [-0.05, 0) is 43.9 Å². The van der Waals surface area contributed by atoms with Crippen molar-refractivity contribution < 1.29 is 9.50 Å². The van der Waals surface area contributed by atoms with E-state index >= 15 is 0 Å². The first-order valence-corrected chi connectivity index (χ1v) is 6.27. The third-order valence-corrected chi connectivity index (χ3v) is 3.66. The van der Waals surface area contributed by atoms with Gasteiger partial charge in [-0.25, -0.2) is 4.39 Å². The molecule has 1 saturated heterocycles. The Morgan fingerprint density at radius 1 is 1.41 bits per heavy atom. The summed E-state index contributed by atoms with van der Waals surface area (Å²) in [7, 11) is 0. The minimum absolute atomic E-state index is 0.105. The zero-order valence-corrected chi connectivity index (χ0v) is 10.5. The summed E-state index contributed by atoms with van der Waals surface area (Å²) >= 11 is 0. The van der Waals surface area contributed by atoms with Crippen LogP contribution in [0.25, 0.3) is 0 Å². The van der Waals surface area contributed by atoms with Crippen molar-refractivity contribution in [1.29, 1.82) is 0 Å². The van der Waals surface area contributed by atoms with Crippen molar-refractivity contribution in [1.82, 2.24) is 0 Å². The van der Waals surface area contributed by atoms with Gasteiger partial charge in [0, 0.05) is 23.8 Å². The second kappa shape index (κ2) is 5.05. The maximum atomic E-state index is 13.1. The average Bonchev–Trinajstić information content (AvgIpc) is 2.30. The van der Waals surface area contributed by atoms with Crippen LogP contribution in [0.2, 0.25) is 0 Å². The van der Waals surface area contributed by atoms with E-state index in [1.54, 1.807) is 6.07 Å². The van der Waals surface area contributed by atoms with Crippen LogP contribution in [-0.4, -0.2) is 17.7 Å². The summed E-state index contributed by atoms with van der Waals surface area (Å²) in [6, 6.07) is 5.14. The molecule has 1 aromatic carbocycles. The fraction of sp³-hybridized carbons (Fsp3) is 0.571. The molecule has 1 N–H and O–H groups in total. The highest BCUT2D eigenvalue weighted by atomic mass is 19.1. The predicted octanol–water partition coefficient (Wildman–Crippen LogP) is 2.94. The minimum Gasteiger partial charge on any atom is -0.392 e. The van der Waals surface area contributed by atoms with E-state index in [9.17, 15) is 9.50 Å². The van der Waals surface area contributed by atoms with Gasteiger partial charge in [0.15, 0.2) is 0 Å². The fourth-order valence-corrected chi connectivity index (χ4v) is 2.73. The lowest BCUT2D eigenvalue weighted by atomic mass is 9.92. The molecule has 1 aliphatic rings. The molecule has 0 spiro atoms. The van der Waals surface area contributed by atoms with Crippen LogP contribution in [0.15, 0.2) is 18.2 Å². The van der Waals surface area contributed by atoms with E-state index in [1.807, 2.05) is 0 Å². The molecule has 0 saturated carbocycles. The largest absolute Gasteiger partial charge is 0.392 e. The van der Waals surface area contributed by atoms with E-state index in [2.05, 4.69) is 18.7 Å². The van der Waals surface area contributed by atoms with Gasteiger partial charge in [0.1, 0.15) is 5.82 Å². The number of piperidine rings is 1. The van der Waals surface area contributed by atoms with Crippen molar-refractivity contribution in [2.24, 2.45) is 5.92 Å². The van der Waals surface area contributed by atoms with E-state index in [-0.39, 0.29) is 12.4 Å². The number of rotatable bonds is 2. The van der Waals surface area contributed by atoms with Crippen molar-refractivity contribution in [3.63, 3.8) is 0 Å². The number of anilines is 1. The molecular weight excluding hydrogens is 217 g/mol. The van der Waals surface area contributed by atoms with Gasteiger partial charge in [-0.15, -0.1) is 0 Å². The van der Waals surface area contributed by atoms with Gasteiger partial charge >= 0.3 is 0 Å². The monoisotopic (exact) mass is 237 g/mol. The lowest BCUT2D eigenvalue weighted by Crippen LogP contribution is -2.40.